The monoisotopic (exact) mass is 301 g/mol. The van der Waals surface area contributed by atoms with Gasteiger partial charge in [0.2, 0.25) is 0 Å². The molecule has 20 heavy (non-hydrogen) atoms. The Morgan fingerprint density at radius 2 is 1.65 bits per heavy atom. The van der Waals surface area contributed by atoms with Crippen molar-refractivity contribution in [3.8, 4) is 17.2 Å². The molecule has 0 aliphatic heterocycles. The highest BCUT2D eigenvalue weighted by Gasteiger charge is 2.12. The SMILES string of the molecule is COc1cc(OC)c(OC)cc1CNC(C)CS(C)=O. The lowest BCUT2D eigenvalue weighted by atomic mass is 10.1. The average molecular weight is 301 g/mol. The quantitative estimate of drug-likeness (QED) is 0.790. The summed E-state index contributed by atoms with van der Waals surface area (Å²) in [5.74, 6) is 2.66. The van der Waals surface area contributed by atoms with E-state index >= 15 is 0 Å². The van der Waals surface area contributed by atoms with E-state index in [1.54, 1.807) is 33.7 Å². The Morgan fingerprint density at radius 3 is 2.15 bits per heavy atom. The van der Waals surface area contributed by atoms with Gasteiger partial charge in [-0.3, -0.25) is 4.21 Å². The van der Waals surface area contributed by atoms with E-state index in [2.05, 4.69) is 5.32 Å². The fraction of sp³-hybridized carbons (Fsp3) is 0.571. The molecule has 0 saturated heterocycles. The third kappa shape index (κ3) is 4.68. The van der Waals surface area contributed by atoms with Crippen molar-refractivity contribution in [1.82, 2.24) is 5.32 Å². The summed E-state index contributed by atoms with van der Waals surface area (Å²) >= 11 is 0. The Kier molecular flexibility index (Phi) is 6.81. The van der Waals surface area contributed by atoms with E-state index in [1.165, 1.54) is 0 Å². The van der Waals surface area contributed by atoms with E-state index in [4.69, 9.17) is 14.2 Å². The first-order valence-electron chi connectivity index (χ1n) is 6.34. The topological polar surface area (TPSA) is 56.8 Å². The Labute approximate surface area is 123 Å². The van der Waals surface area contributed by atoms with Gasteiger partial charge in [0.15, 0.2) is 11.5 Å². The maximum atomic E-state index is 11.2. The molecule has 0 radical (unpaired) electrons. The van der Waals surface area contributed by atoms with Crippen LogP contribution in [0, 0.1) is 0 Å². The van der Waals surface area contributed by atoms with Crippen LogP contribution in [-0.4, -0.2) is 43.6 Å². The predicted octanol–water partition coefficient (Wildman–Crippen LogP) is 1.57. The zero-order valence-corrected chi connectivity index (χ0v) is 13.5. The van der Waals surface area contributed by atoms with E-state index in [0.29, 0.717) is 23.8 Å². The molecule has 6 heteroatoms. The minimum atomic E-state index is -0.810. The van der Waals surface area contributed by atoms with Gasteiger partial charge in [-0.05, 0) is 13.0 Å². The first-order valence-corrected chi connectivity index (χ1v) is 8.06. The number of ether oxygens (including phenoxy) is 3. The second-order valence-corrected chi connectivity index (χ2v) is 6.02. The van der Waals surface area contributed by atoms with Gasteiger partial charge in [-0.15, -0.1) is 0 Å². The normalized spacial score (nSPS) is 13.7. The number of nitrogens with one attached hydrogen (secondary N) is 1. The maximum absolute atomic E-state index is 11.2. The number of hydrogen-bond donors (Lipinski definition) is 1. The fourth-order valence-electron chi connectivity index (χ4n) is 1.93. The van der Waals surface area contributed by atoms with Crippen LogP contribution in [0.25, 0.3) is 0 Å². The summed E-state index contributed by atoms with van der Waals surface area (Å²) in [5, 5.41) is 3.32. The molecule has 0 saturated carbocycles. The molecule has 0 amide bonds. The lowest BCUT2D eigenvalue weighted by Crippen LogP contribution is -2.30. The van der Waals surface area contributed by atoms with E-state index < -0.39 is 10.8 Å². The zero-order valence-electron chi connectivity index (χ0n) is 12.7. The summed E-state index contributed by atoms with van der Waals surface area (Å²) in [6.45, 7) is 2.62. The molecule has 2 atom stereocenters. The third-order valence-electron chi connectivity index (χ3n) is 2.91. The highest BCUT2D eigenvalue weighted by Crippen LogP contribution is 2.34. The molecule has 0 aromatic heterocycles. The van der Waals surface area contributed by atoms with Crippen molar-refractivity contribution in [3.63, 3.8) is 0 Å². The molecule has 0 aliphatic carbocycles. The predicted molar refractivity (Wildman–Crippen MR) is 81.3 cm³/mol. The van der Waals surface area contributed by atoms with Crippen molar-refractivity contribution < 1.29 is 18.4 Å². The molecule has 5 nitrogen and oxygen atoms in total. The van der Waals surface area contributed by atoms with E-state index in [0.717, 1.165) is 11.3 Å². The zero-order chi connectivity index (χ0) is 15.1. The Bertz CT molecular complexity index is 465. The molecular weight excluding hydrogens is 278 g/mol. The molecule has 114 valence electrons. The van der Waals surface area contributed by atoms with Crippen LogP contribution in [-0.2, 0) is 17.3 Å². The van der Waals surface area contributed by atoms with Crippen molar-refractivity contribution >= 4 is 10.8 Å². The summed E-state index contributed by atoms with van der Waals surface area (Å²) in [6, 6.07) is 3.86. The molecule has 1 aromatic rings. The van der Waals surface area contributed by atoms with Gasteiger partial charge in [-0.25, -0.2) is 0 Å². The molecule has 1 aromatic carbocycles. The standard InChI is InChI=1S/C14H23NO4S/c1-10(9-20(5)16)15-8-11-6-13(18-3)14(19-4)7-12(11)17-2/h6-7,10,15H,8-9H2,1-5H3. The Hall–Kier alpha value is -1.27. The van der Waals surface area contributed by atoms with Gasteiger partial charge in [-0.2, -0.15) is 0 Å². The number of rotatable bonds is 8. The maximum Gasteiger partial charge on any atom is 0.164 e. The van der Waals surface area contributed by atoms with Gasteiger partial charge in [-0.1, -0.05) is 0 Å². The molecule has 2 unspecified atom stereocenters. The molecule has 0 aliphatic rings. The molecule has 1 N–H and O–H groups in total. The van der Waals surface area contributed by atoms with Gasteiger partial charge in [0.25, 0.3) is 0 Å². The van der Waals surface area contributed by atoms with Crippen molar-refractivity contribution in [2.24, 2.45) is 0 Å². The van der Waals surface area contributed by atoms with Gasteiger partial charge in [0.05, 0.1) is 21.3 Å². The van der Waals surface area contributed by atoms with Crippen LogP contribution >= 0.6 is 0 Å². The van der Waals surface area contributed by atoms with Gasteiger partial charge < -0.3 is 19.5 Å². The second-order valence-electron chi connectivity index (χ2n) is 4.54. The van der Waals surface area contributed by atoms with Crippen LogP contribution < -0.4 is 19.5 Å². The minimum absolute atomic E-state index is 0.165. The lowest BCUT2D eigenvalue weighted by Gasteiger charge is -2.17. The van der Waals surface area contributed by atoms with Crippen molar-refractivity contribution in [2.75, 3.05) is 33.3 Å². The minimum Gasteiger partial charge on any atom is -0.496 e. The summed E-state index contributed by atoms with van der Waals surface area (Å²) in [6.07, 6.45) is 1.70. The number of methoxy groups -OCH3 is 3. The largest absolute Gasteiger partial charge is 0.496 e. The van der Waals surface area contributed by atoms with E-state index in [1.807, 2.05) is 13.0 Å². The van der Waals surface area contributed by atoms with E-state index in [-0.39, 0.29) is 6.04 Å². The second kappa shape index (κ2) is 8.11. The van der Waals surface area contributed by atoms with Crippen molar-refractivity contribution in [1.29, 1.82) is 0 Å². The van der Waals surface area contributed by atoms with Gasteiger partial charge >= 0.3 is 0 Å². The average Bonchev–Trinajstić information content (AvgIpc) is 2.43. The lowest BCUT2D eigenvalue weighted by molar-refractivity contribution is 0.347. The first kappa shape index (κ1) is 16.8. The third-order valence-corrected chi connectivity index (χ3v) is 3.88. The molecule has 0 fully saturated rings. The van der Waals surface area contributed by atoms with Crippen molar-refractivity contribution in [3.05, 3.63) is 17.7 Å². The fourth-order valence-corrected chi connectivity index (χ4v) is 2.75. The van der Waals surface area contributed by atoms with Crippen LogP contribution in [0.3, 0.4) is 0 Å². The van der Waals surface area contributed by atoms with Crippen LogP contribution in [0.15, 0.2) is 12.1 Å². The van der Waals surface area contributed by atoms with Crippen LogP contribution in [0.1, 0.15) is 12.5 Å². The highest BCUT2D eigenvalue weighted by atomic mass is 32.2. The summed E-state index contributed by atoms with van der Waals surface area (Å²) in [7, 11) is 4.00. The summed E-state index contributed by atoms with van der Waals surface area (Å²) in [5.41, 5.74) is 0.971. The van der Waals surface area contributed by atoms with Gasteiger partial charge in [0, 0.05) is 47.0 Å². The van der Waals surface area contributed by atoms with Crippen LogP contribution in [0.5, 0.6) is 17.2 Å². The molecule has 0 heterocycles. The molecule has 0 spiro atoms. The summed E-state index contributed by atoms with van der Waals surface area (Å²) < 4.78 is 27.1. The highest BCUT2D eigenvalue weighted by molar-refractivity contribution is 7.84. The Morgan fingerprint density at radius 1 is 1.10 bits per heavy atom. The Balaban J connectivity index is 2.85. The van der Waals surface area contributed by atoms with Gasteiger partial charge in [0.1, 0.15) is 5.75 Å². The van der Waals surface area contributed by atoms with E-state index in [9.17, 15) is 4.21 Å². The number of hydrogen-bond acceptors (Lipinski definition) is 5. The van der Waals surface area contributed by atoms with Crippen LogP contribution in [0.4, 0.5) is 0 Å². The van der Waals surface area contributed by atoms with Crippen LogP contribution in [0.2, 0.25) is 0 Å². The molecule has 1 rings (SSSR count). The smallest absolute Gasteiger partial charge is 0.164 e. The first-order chi connectivity index (χ1) is 9.51. The summed E-state index contributed by atoms with van der Waals surface area (Å²) in [4.78, 5) is 0. The molecular formula is C14H23NO4S. The van der Waals surface area contributed by atoms with Crippen molar-refractivity contribution in [2.45, 2.75) is 19.5 Å². The molecule has 0 bridgehead atoms. The number of benzene rings is 1.